The Labute approximate surface area is 125 Å². The van der Waals surface area contributed by atoms with E-state index in [2.05, 4.69) is 18.9 Å². The second-order valence-electron chi connectivity index (χ2n) is 5.03. The summed E-state index contributed by atoms with van der Waals surface area (Å²) in [7, 11) is 0. The first kappa shape index (κ1) is 16.4. The van der Waals surface area contributed by atoms with Crippen molar-refractivity contribution in [2.24, 2.45) is 11.7 Å². The van der Waals surface area contributed by atoms with Gasteiger partial charge in [0, 0.05) is 24.7 Å². The third kappa shape index (κ3) is 3.92. The van der Waals surface area contributed by atoms with Crippen LogP contribution < -0.4 is 11.3 Å². The summed E-state index contributed by atoms with van der Waals surface area (Å²) < 4.78 is 1.52. The second kappa shape index (κ2) is 7.22. The molecule has 4 nitrogen and oxygen atoms in total. The molecule has 1 aromatic carbocycles. The quantitative estimate of drug-likeness (QED) is 0.942. The van der Waals surface area contributed by atoms with Crippen molar-refractivity contribution in [3.8, 4) is 11.3 Å². The van der Waals surface area contributed by atoms with Crippen molar-refractivity contribution in [1.29, 1.82) is 0 Å². The molecule has 0 atom stereocenters. The van der Waals surface area contributed by atoms with Crippen LogP contribution in [0.2, 0.25) is 0 Å². The van der Waals surface area contributed by atoms with E-state index in [0.717, 1.165) is 16.8 Å². The third-order valence-electron chi connectivity index (χ3n) is 2.89. The standard InChI is InChI=1S/C15H19N3O.ClH/c1-11(2)10-18-15(19)8-7-14(17-18)13-5-3-12(9-16)4-6-13;/h3-8,11H,9-10,16H2,1-2H3;1H. The van der Waals surface area contributed by atoms with Gasteiger partial charge in [0.25, 0.3) is 5.56 Å². The van der Waals surface area contributed by atoms with Gasteiger partial charge in [-0.15, -0.1) is 12.4 Å². The number of nitrogens with zero attached hydrogens (tertiary/aromatic N) is 2. The lowest BCUT2D eigenvalue weighted by molar-refractivity contribution is 0.465. The van der Waals surface area contributed by atoms with Gasteiger partial charge in [-0.1, -0.05) is 38.1 Å². The van der Waals surface area contributed by atoms with Crippen molar-refractivity contribution in [3.05, 3.63) is 52.3 Å². The van der Waals surface area contributed by atoms with Crippen molar-refractivity contribution in [2.75, 3.05) is 0 Å². The van der Waals surface area contributed by atoms with Gasteiger partial charge in [0.2, 0.25) is 0 Å². The summed E-state index contributed by atoms with van der Waals surface area (Å²) >= 11 is 0. The molecule has 0 bridgehead atoms. The summed E-state index contributed by atoms with van der Waals surface area (Å²) in [6, 6.07) is 11.3. The SMILES string of the molecule is CC(C)Cn1nc(-c2ccc(CN)cc2)ccc1=O.Cl. The fourth-order valence-corrected chi connectivity index (χ4v) is 1.89. The zero-order valence-corrected chi connectivity index (χ0v) is 12.6. The maximum Gasteiger partial charge on any atom is 0.266 e. The molecular weight excluding hydrogens is 274 g/mol. The van der Waals surface area contributed by atoms with Crippen molar-refractivity contribution in [1.82, 2.24) is 9.78 Å². The molecule has 2 N–H and O–H groups in total. The molecule has 0 aliphatic carbocycles. The van der Waals surface area contributed by atoms with Crippen molar-refractivity contribution >= 4 is 12.4 Å². The molecule has 20 heavy (non-hydrogen) atoms. The first-order chi connectivity index (χ1) is 9.10. The minimum atomic E-state index is -0.0592. The van der Waals surface area contributed by atoms with E-state index in [1.165, 1.54) is 4.68 Å². The maximum absolute atomic E-state index is 11.7. The van der Waals surface area contributed by atoms with Crippen molar-refractivity contribution < 1.29 is 0 Å². The smallest absolute Gasteiger partial charge is 0.266 e. The molecule has 0 saturated heterocycles. The summed E-state index contributed by atoms with van der Waals surface area (Å²) in [5, 5.41) is 4.41. The summed E-state index contributed by atoms with van der Waals surface area (Å²) in [4.78, 5) is 11.7. The molecule has 5 heteroatoms. The first-order valence-corrected chi connectivity index (χ1v) is 6.47. The molecular formula is C15H20ClN3O. The number of hydrogen-bond donors (Lipinski definition) is 1. The van der Waals surface area contributed by atoms with Crippen LogP contribution in [0.1, 0.15) is 19.4 Å². The molecule has 0 aliphatic heterocycles. The monoisotopic (exact) mass is 293 g/mol. The Morgan fingerprint density at radius 1 is 1.15 bits per heavy atom. The van der Waals surface area contributed by atoms with Crippen LogP contribution in [-0.4, -0.2) is 9.78 Å². The fraction of sp³-hybridized carbons (Fsp3) is 0.333. The zero-order valence-electron chi connectivity index (χ0n) is 11.7. The highest BCUT2D eigenvalue weighted by Crippen LogP contribution is 2.16. The molecule has 2 rings (SSSR count). The molecule has 0 aliphatic rings. The van der Waals surface area contributed by atoms with Crippen molar-refractivity contribution in [2.45, 2.75) is 26.9 Å². The van der Waals surface area contributed by atoms with Gasteiger partial charge in [-0.3, -0.25) is 4.79 Å². The molecule has 2 aromatic rings. The van der Waals surface area contributed by atoms with Gasteiger partial charge >= 0.3 is 0 Å². The number of aromatic nitrogens is 2. The third-order valence-corrected chi connectivity index (χ3v) is 2.89. The van der Waals surface area contributed by atoms with Gasteiger partial charge in [0.1, 0.15) is 0 Å². The minimum absolute atomic E-state index is 0. The van der Waals surface area contributed by atoms with E-state index in [1.807, 2.05) is 24.3 Å². The molecule has 1 aromatic heterocycles. The van der Waals surface area contributed by atoms with E-state index in [0.29, 0.717) is 19.0 Å². The number of rotatable bonds is 4. The van der Waals surface area contributed by atoms with Crippen LogP contribution in [0.3, 0.4) is 0 Å². The van der Waals surface area contributed by atoms with E-state index in [4.69, 9.17) is 5.73 Å². The molecule has 0 fully saturated rings. The van der Waals surface area contributed by atoms with E-state index in [1.54, 1.807) is 12.1 Å². The van der Waals surface area contributed by atoms with Gasteiger partial charge in [0.05, 0.1) is 5.69 Å². The number of hydrogen-bond acceptors (Lipinski definition) is 3. The Morgan fingerprint density at radius 3 is 2.35 bits per heavy atom. The van der Waals surface area contributed by atoms with Gasteiger partial charge in [-0.05, 0) is 17.5 Å². The Hall–Kier alpha value is -1.65. The largest absolute Gasteiger partial charge is 0.326 e. The van der Waals surface area contributed by atoms with Gasteiger partial charge in [0.15, 0.2) is 0 Å². The van der Waals surface area contributed by atoms with Crippen LogP contribution in [0, 0.1) is 5.92 Å². The number of nitrogens with two attached hydrogens (primary N) is 1. The molecule has 108 valence electrons. The normalized spacial score (nSPS) is 10.4. The second-order valence-corrected chi connectivity index (χ2v) is 5.03. The van der Waals surface area contributed by atoms with Gasteiger partial charge in [-0.25, -0.2) is 4.68 Å². The highest BCUT2D eigenvalue weighted by molar-refractivity contribution is 5.85. The molecule has 0 unspecified atom stereocenters. The van der Waals surface area contributed by atoms with Crippen LogP contribution in [0.4, 0.5) is 0 Å². The highest BCUT2D eigenvalue weighted by Gasteiger charge is 2.05. The van der Waals surface area contributed by atoms with E-state index >= 15 is 0 Å². The summed E-state index contributed by atoms with van der Waals surface area (Å²) in [6.45, 7) is 5.29. The van der Waals surface area contributed by atoms with Crippen LogP contribution in [0.25, 0.3) is 11.3 Å². The van der Waals surface area contributed by atoms with E-state index < -0.39 is 0 Å². The fourth-order valence-electron chi connectivity index (χ4n) is 1.89. The van der Waals surface area contributed by atoms with Gasteiger partial charge < -0.3 is 5.73 Å². The lowest BCUT2D eigenvalue weighted by Crippen LogP contribution is -2.24. The Bertz CT molecular complexity index is 605. The van der Waals surface area contributed by atoms with E-state index in [9.17, 15) is 4.79 Å². The maximum atomic E-state index is 11.7. The van der Waals surface area contributed by atoms with Crippen LogP contribution in [-0.2, 0) is 13.1 Å². The number of benzene rings is 1. The summed E-state index contributed by atoms with van der Waals surface area (Å²) in [5.41, 5.74) is 8.40. The van der Waals surface area contributed by atoms with Crippen LogP contribution >= 0.6 is 12.4 Å². The highest BCUT2D eigenvalue weighted by atomic mass is 35.5. The topological polar surface area (TPSA) is 60.9 Å². The Morgan fingerprint density at radius 2 is 1.80 bits per heavy atom. The van der Waals surface area contributed by atoms with E-state index in [-0.39, 0.29) is 18.0 Å². The molecule has 0 saturated carbocycles. The molecule has 0 radical (unpaired) electrons. The average Bonchev–Trinajstić information content (AvgIpc) is 2.41. The Kier molecular flexibility index (Phi) is 5.92. The predicted molar refractivity (Wildman–Crippen MR) is 83.9 cm³/mol. The predicted octanol–water partition coefficient (Wildman–Crippen LogP) is 2.45. The first-order valence-electron chi connectivity index (χ1n) is 6.47. The van der Waals surface area contributed by atoms with Crippen molar-refractivity contribution in [3.63, 3.8) is 0 Å². The molecule has 1 heterocycles. The average molecular weight is 294 g/mol. The van der Waals surface area contributed by atoms with Gasteiger partial charge in [-0.2, -0.15) is 5.10 Å². The number of halogens is 1. The zero-order chi connectivity index (χ0) is 13.8. The van der Waals surface area contributed by atoms with Crippen LogP contribution in [0.15, 0.2) is 41.2 Å². The summed E-state index contributed by atoms with van der Waals surface area (Å²) in [5.74, 6) is 0.389. The lowest BCUT2D eigenvalue weighted by atomic mass is 10.1. The molecule has 0 amide bonds. The Balaban J connectivity index is 0.00000200. The molecule has 0 spiro atoms. The lowest BCUT2D eigenvalue weighted by Gasteiger charge is -2.09. The minimum Gasteiger partial charge on any atom is -0.326 e. The van der Waals surface area contributed by atoms with Crippen LogP contribution in [0.5, 0.6) is 0 Å². The summed E-state index contributed by atoms with van der Waals surface area (Å²) in [6.07, 6.45) is 0.